The summed E-state index contributed by atoms with van der Waals surface area (Å²) >= 11 is 0. The molecule has 0 unspecified atom stereocenters. The summed E-state index contributed by atoms with van der Waals surface area (Å²) in [6.45, 7) is 4.40. The van der Waals surface area contributed by atoms with E-state index in [4.69, 9.17) is 0 Å². The average Bonchev–Trinajstić information content (AvgIpc) is 2.92. The molecule has 2 aromatic carbocycles. The maximum Gasteiger partial charge on any atom is 0.126 e. The van der Waals surface area contributed by atoms with Gasteiger partial charge in [-0.15, -0.1) is 0 Å². The second-order valence-corrected chi connectivity index (χ2v) is 5.32. The number of benzene rings is 2. The maximum absolute atomic E-state index is 13.6. The van der Waals surface area contributed by atoms with Crippen molar-refractivity contribution in [1.29, 1.82) is 0 Å². The minimum absolute atomic E-state index is 0.170. The monoisotopic (exact) mass is 280 g/mol. The molecule has 0 amide bonds. The maximum atomic E-state index is 13.6. The Bertz CT molecular complexity index is 757. The highest BCUT2D eigenvalue weighted by Gasteiger charge is 2.07. The summed E-state index contributed by atoms with van der Waals surface area (Å²) in [5.74, 6) is -0.170. The van der Waals surface area contributed by atoms with Crippen molar-refractivity contribution in [3.63, 3.8) is 0 Å². The molecule has 3 rings (SSSR count). The number of aryl methyl sites for hydroxylation is 2. The third-order valence-electron chi connectivity index (χ3n) is 3.63. The quantitative estimate of drug-likeness (QED) is 0.697. The summed E-state index contributed by atoms with van der Waals surface area (Å²) in [7, 11) is 0. The Kier molecular flexibility index (Phi) is 3.57. The van der Waals surface area contributed by atoms with Crippen LogP contribution in [0.25, 0.3) is 11.3 Å². The Balaban J connectivity index is 1.92. The summed E-state index contributed by atoms with van der Waals surface area (Å²) < 4.78 is 15.5. The van der Waals surface area contributed by atoms with E-state index in [1.54, 1.807) is 25.3 Å². The van der Waals surface area contributed by atoms with Gasteiger partial charge in [0.25, 0.3) is 0 Å². The molecule has 0 aliphatic heterocycles. The molecule has 0 radical (unpaired) electrons. The highest BCUT2D eigenvalue weighted by atomic mass is 19.1. The SMILES string of the molecule is Cc1ccc(-c2ccnn2Cc2ccc(C)c(F)c2)cc1. The zero-order chi connectivity index (χ0) is 14.8. The minimum Gasteiger partial charge on any atom is -0.260 e. The summed E-state index contributed by atoms with van der Waals surface area (Å²) in [5, 5.41) is 4.36. The van der Waals surface area contributed by atoms with Crippen LogP contribution in [0.3, 0.4) is 0 Å². The van der Waals surface area contributed by atoms with Gasteiger partial charge in [0.1, 0.15) is 5.82 Å². The first-order valence-electron chi connectivity index (χ1n) is 6.97. The van der Waals surface area contributed by atoms with Gasteiger partial charge in [-0.25, -0.2) is 4.39 Å². The largest absolute Gasteiger partial charge is 0.260 e. The fraction of sp³-hybridized carbons (Fsp3) is 0.167. The van der Waals surface area contributed by atoms with Crippen molar-refractivity contribution in [3.05, 3.63) is 77.2 Å². The fourth-order valence-electron chi connectivity index (χ4n) is 2.34. The zero-order valence-electron chi connectivity index (χ0n) is 12.2. The van der Waals surface area contributed by atoms with Gasteiger partial charge in [0.15, 0.2) is 0 Å². The predicted octanol–water partition coefficient (Wildman–Crippen LogP) is 4.35. The number of hydrogen-bond donors (Lipinski definition) is 0. The van der Waals surface area contributed by atoms with Crippen molar-refractivity contribution in [2.75, 3.05) is 0 Å². The molecule has 3 aromatic rings. The van der Waals surface area contributed by atoms with Crippen molar-refractivity contribution in [2.45, 2.75) is 20.4 Å². The van der Waals surface area contributed by atoms with Crippen molar-refractivity contribution in [3.8, 4) is 11.3 Å². The van der Waals surface area contributed by atoms with Gasteiger partial charge in [-0.2, -0.15) is 5.10 Å². The zero-order valence-corrected chi connectivity index (χ0v) is 12.2. The van der Waals surface area contributed by atoms with Crippen LogP contribution in [-0.4, -0.2) is 9.78 Å². The van der Waals surface area contributed by atoms with Crippen LogP contribution in [0.4, 0.5) is 4.39 Å². The lowest BCUT2D eigenvalue weighted by molar-refractivity contribution is 0.611. The van der Waals surface area contributed by atoms with Gasteiger partial charge in [-0.1, -0.05) is 42.0 Å². The highest BCUT2D eigenvalue weighted by Crippen LogP contribution is 2.21. The Labute approximate surface area is 123 Å². The van der Waals surface area contributed by atoms with E-state index in [0.29, 0.717) is 12.1 Å². The molecule has 0 fully saturated rings. The van der Waals surface area contributed by atoms with Crippen LogP contribution in [0.2, 0.25) is 0 Å². The number of hydrogen-bond acceptors (Lipinski definition) is 1. The van der Waals surface area contributed by atoms with Crippen LogP contribution in [0.15, 0.2) is 54.7 Å². The molecule has 0 atom stereocenters. The smallest absolute Gasteiger partial charge is 0.126 e. The van der Waals surface area contributed by atoms with E-state index >= 15 is 0 Å². The summed E-state index contributed by atoms with van der Waals surface area (Å²) in [6.07, 6.45) is 1.78. The number of nitrogens with zero attached hydrogens (tertiary/aromatic N) is 2. The Morgan fingerprint density at radius 1 is 1.00 bits per heavy atom. The van der Waals surface area contributed by atoms with Crippen LogP contribution in [-0.2, 0) is 6.54 Å². The lowest BCUT2D eigenvalue weighted by Gasteiger charge is -2.09. The first kappa shape index (κ1) is 13.6. The molecule has 2 nitrogen and oxygen atoms in total. The molecular formula is C18H17FN2. The van der Waals surface area contributed by atoms with E-state index < -0.39 is 0 Å². The molecule has 106 valence electrons. The van der Waals surface area contributed by atoms with Crippen LogP contribution >= 0.6 is 0 Å². The first-order chi connectivity index (χ1) is 10.1. The van der Waals surface area contributed by atoms with Gasteiger partial charge in [0.05, 0.1) is 12.2 Å². The second kappa shape index (κ2) is 5.52. The van der Waals surface area contributed by atoms with Crippen molar-refractivity contribution < 1.29 is 4.39 Å². The Hall–Kier alpha value is -2.42. The predicted molar refractivity (Wildman–Crippen MR) is 82.6 cm³/mol. The molecule has 0 aliphatic rings. The third-order valence-corrected chi connectivity index (χ3v) is 3.63. The molecular weight excluding hydrogens is 263 g/mol. The van der Waals surface area contributed by atoms with E-state index in [0.717, 1.165) is 16.8 Å². The summed E-state index contributed by atoms with van der Waals surface area (Å²) in [4.78, 5) is 0. The normalized spacial score (nSPS) is 10.8. The summed E-state index contributed by atoms with van der Waals surface area (Å²) in [5.41, 5.74) is 4.96. The third kappa shape index (κ3) is 2.87. The van der Waals surface area contributed by atoms with E-state index in [2.05, 4.69) is 36.3 Å². The topological polar surface area (TPSA) is 17.8 Å². The molecule has 0 bridgehead atoms. The molecule has 1 heterocycles. The second-order valence-electron chi connectivity index (χ2n) is 5.32. The van der Waals surface area contributed by atoms with Crippen LogP contribution < -0.4 is 0 Å². The van der Waals surface area contributed by atoms with Gasteiger partial charge >= 0.3 is 0 Å². The van der Waals surface area contributed by atoms with Gasteiger partial charge in [0.2, 0.25) is 0 Å². The van der Waals surface area contributed by atoms with Crippen LogP contribution in [0.1, 0.15) is 16.7 Å². The van der Waals surface area contributed by atoms with Crippen LogP contribution in [0.5, 0.6) is 0 Å². The lowest BCUT2D eigenvalue weighted by atomic mass is 10.1. The van der Waals surface area contributed by atoms with Crippen molar-refractivity contribution >= 4 is 0 Å². The van der Waals surface area contributed by atoms with E-state index in [-0.39, 0.29) is 5.82 Å². The molecule has 0 N–H and O–H groups in total. The molecule has 0 saturated heterocycles. The lowest BCUT2D eigenvalue weighted by Crippen LogP contribution is -2.04. The van der Waals surface area contributed by atoms with Gasteiger partial charge in [-0.3, -0.25) is 4.68 Å². The molecule has 0 aliphatic carbocycles. The highest BCUT2D eigenvalue weighted by molar-refractivity contribution is 5.59. The van der Waals surface area contributed by atoms with Crippen molar-refractivity contribution in [2.24, 2.45) is 0 Å². The van der Waals surface area contributed by atoms with Crippen LogP contribution in [0, 0.1) is 19.7 Å². The number of halogens is 1. The average molecular weight is 280 g/mol. The first-order valence-corrected chi connectivity index (χ1v) is 6.97. The Morgan fingerprint density at radius 3 is 2.48 bits per heavy atom. The molecule has 3 heteroatoms. The van der Waals surface area contributed by atoms with Crippen molar-refractivity contribution in [1.82, 2.24) is 9.78 Å². The molecule has 0 saturated carbocycles. The Morgan fingerprint density at radius 2 is 1.76 bits per heavy atom. The van der Waals surface area contributed by atoms with E-state index in [1.807, 2.05) is 16.8 Å². The fourth-order valence-corrected chi connectivity index (χ4v) is 2.34. The van der Waals surface area contributed by atoms with Gasteiger partial charge in [0, 0.05) is 6.20 Å². The summed E-state index contributed by atoms with van der Waals surface area (Å²) in [6, 6.07) is 15.6. The minimum atomic E-state index is -0.170. The molecule has 1 aromatic heterocycles. The van der Waals surface area contributed by atoms with Gasteiger partial charge < -0.3 is 0 Å². The van der Waals surface area contributed by atoms with Gasteiger partial charge in [-0.05, 0) is 42.7 Å². The molecule has 0 spiro atoms. The number of rotatable bonds is 3. The standard InChI is InChI=1S/C18H17FN2/c1-13-3-7-16(8-4-13)18-9-10-20-21(18)12-15-6-5-14(2)17(19)11-15/h3-11H,12H2,1-2H3. The number of aromatic nitrogens is 2. The van der Waals surface area contributed by atoms with E-state index in [1.165, 1.54) is 5.56 Å². The molecule has 21 heavy (non-hydrogen) atoms. The van der Waals surface area contributed by atoms with E-state index in [9.17, 15) is 4.39 Å².